The lowest BCUT2D eigenvalue weighted by Crippen LogP contribution is -2.40. The van der Waals surface area contributed by atoms with Crippen molar-refractivity contribution in [3.8, 4) is 11.5 Å². The third kappa shape index (κ3) is 5.20. The summed E-state index contributed by atoms with van der Waals surface area (Å²) >= 11 is 5.80. The van der Waals surface area contributed by atoms with Crippen LogP contribution in [0.4, 0.5) is 0 Å². The van der Waals surface area contributed by atoms with Gasteiger partial charge in [0.15, 0.2) is 4.80 Å². The molecule has 40 heavy (non-hydrogen) atoms. The minimum absolute atomic E-state index is 0.203. The van der Waals surface area contributed by atoms with Crippen molar-refractivity contribution in [2.45, 2.75) is 26.8 Å². The molecule has 206 valence electrons. The monoisotopic (exact) mass is 780 g/mol. The molecule has 0 N–H and O–H groups in total. The number of hydrogen-bond acceptors (Lipinski definition) is 7. The highest BCUT2D eigenvalue weighted by atomic mass is 127. The highest BCUT2D eigenvalue weighted by Crippen LogP contribution is 2.40. The van der Waals surface area contributed by atoms with E-state index in [-0.39, 0.29) is 12.2 Å². The second-order valence-corrected chi connectivity index (χ2v) is 12.3. The number of hydrogen-bond donors (Lipinski definition) is 0. The van der Waals surface area contributed by atoms with E-state index >= 15 is 0 Å². The third-order valence-corrected chi connectivity index (χ3v) is 9.13. The van der Waals surface area contributed by atoms with Gasteiger partial charge in [-0.2, -0.15) is 0 Å². The molecule has 2 heterocycles. The number of ether oxygens (including phenoxy) is 3. The molecule has 10 heteroatoms. The van der Waals surface area contributed by atoms with E-state index in [0.29, 0.717) is 33.0 Å². The van der Waals surface area contributed by atoms with Crippen molar-refractivity contribution in [1.29, 1.82) is 0 Å². The van der Waals surface area contributed by atoms with Crippen molar-refractivity contribution >= 4 is 79.3 Å². The predicted molar refractivity (Wildman–Crippen MR) is 174 cm³/mol. The van der Waals surface area contributed by atoms with Crippen LogP contribution in [0.2, 0.25) is 0 Å². The van der Waals surface area contributed by atoms with Gasteiger partial charge in [0.05, 0.1) is 43.3 Å². The zero-order valence-corrected chi connectivity index (χ0v) is 27.4. The Hall–Kier alpha value is -2.71. The van der Waals surface area contributed by atoms with Crippen LogP contribution >= 0.6 is 56.5 Å². The lowest BCUT2D eigenvalue weighted by Gasteiger charge is -2.27. The van der Waals surface area contributed by atoms with Crippen molar-refractivity contribution in [2.24, 2.45) is 4.99 Å². The Kier molecular flexibility index (Phi) is 8.66. The Bertz CT molecular complexity index is 1840. The van der Waals surface area contributed by atoms with E-state index in [1.165, 1.54) is 11.3 Å². The lowest BCUT2D eigenvalue weighted by atomic mass is 9.90. The smallest absolute Gasteiger partial charge is 0.338 e. The first-order chi connectivity index (χ1) is 19.3. The van der Waals surface area contributed by atoms with Crippen molar-refractivity contribution in [3.05, 3.63) is 97.8 Å². The van der Waals surface area contributed by atoms with E-state index in [4.69, 9.17) is 19.2 Å². The first-order valence-corrected chi connectivity index (χ1v) is 15.6. The summed E-state index contributed by atoms with van der Waals surface area (Å²) in [6.07, 6.45) is 1.87. The summed E-state index contributed by atoms with van der Waals surface area (Å²) in [4.78, 5) is 32.8. The Balaban J connectivity index is 1.80. The number of methoxy groups -OCH3 is 1. The summed E-state index contributed by atoms with van der Waals surface area (Å²) in [6, 6.07) is 14.9. The van der Waals surface area contributed by atoms with Gasteiger partial charge >= 0.3 is 5.97 Å². The van der Waals surface area contributed by atoms with Crippen molar-refractivity contribution < 1.29 is 19.0 Å². The molecule has 0 saturated heterocycles. The predicted octanol–water partition coefficient (Wildman–Crippen LogP) is 5.57. The number of thiazole rings is 1. The molecule has 1 aromatic heterocycles. The zero-order chi connectivity index (χ0) is 28.6. The molecule has 4 aromatic rings. The van der Waals surface area contributed by atoms with Gasteiger partial charge in [-0.15, -0.1) is 0 Å². The Morgan fingerprint density at radius 2 is 1.82 bits per heavy atom. The lowest BCUT2D eigenvalue weighted by molar-refractivity contribution is -0.139. The molecule has 0 radical (unpaired) electrons. The number of nitrogens with zero attached hydrogens (tertiary/aromatic N) is 2. The minimum atomic E-state index is -0.779. The SMILES string of the molecule is CCOC(=O)C1=C(C)N=c2s/c(=C\c3cc(I)c(OCC)c(I)c3)c(=O)n2[C@H]1c1c(OC)ccc2ccccc12. The Labute approximate surface area is 262 Å². The van der Waals surface area contributed by atoms with E-state index in [0.717, 1.165) is 34.8 Å². The van der Waals surface area contributed by atoms with E-state index in [9.17, 15) is 9.59 Å². The van der Waals surface area contributed by atoms with Crippen molar-refractivity contribution in [2.75, 3.05) is 20.3 Å². The first kappa shape index (κ1) is 28.8. The molecule has 7 nitrogen and oxygen atoms in total. The van der Waals surface area contributed by atoms with Gasteiger partial charge in [-0.1, -0.05) is 41.7 Å². The largest absolute Gasteiger partial charge is 0.496 e. The molecule has 0 unspecified atom stereocenters. The number of carbonyl (C=O) groups is 1. The molecule has 1 atom stereocenters. The Morgan fingerprint density at radius 3 is 2.50 bits per heavy atom. The summed E-state index contributed by atoms with van der Waals surface area (Å²) in [7, 11) is 1.59. The van der Waals surface area contributed by atoms with Crippen molar-refractivity contribution in [3.63, 3.8) is 0 Å². The molecular weight excluding hydrogens is 754 g/mol. The fourth-order valence-electron chi connectivity index (χ4n) is 4.90. The van der Waals surface area contributed by atoms with E-state index in [1.807, 2.05) is 61.5 Å². The van der Waals surface area contributed by atoms with E-state index in [2.05, 4.69) is 45.2 Å². The first-order valence-electron chi connectivity index (χ1n) is 12.7. The summed E-state index contributed by atoms with van der Waals surface area (Å²) in [5.41, 5.74) is 2.19. The fraction of sp³-hybridized carbons (Fsp3) is 0.233. The average molecular weight is 780 g/mol. The number of aromatic nitrogens is 1. The third-order valence-electron chi connectivity index (χ3n) is 6.55. The minimum Gasteiger partial charge on any atom is -0.496 e. The molecule has 0 spiro atoms. The number of rotatable bonds is 7. The van der Waals surface area contributed by atoms with Crippen molar-refractivity contribution in [1.82, 2.24) is 4.57 Å². The molecule has 1 aliphatic heterocycles. The molecule has 3 aromatic carbocycles. The van der Waals surface area contributed by atoms with Gasteiger partial charge < -0.3 is 14.2 Å². The van der Waals surface area contributed by atoms with E-state index in [1.54, 1.807) is 25.5 Å². The maximum absolute atomic E-state index is 14.1. The summed E-state index contributed by atoms with van der Waals surface area (Å²) < 4.78 is 21.1. The van der Waals surface area contributed by atoms with Gasteiger partial charge in [0.25, 0.3) is 5.56 Å². The molecule has 0 aliphatic carbocycles. The number of benzene rings is 3. The van der Waals surface area contributed by atoms with E-state index < -0.39 is 12.0 Å². The van der Waals surface area contributed by atoms with Crippen LogP contribution < -0.4 is 24.4 Å². The van der Waals surface area contributed by atoms with Crippen LogP contribution in [0.25, 0.3) is 16.8 Å². The van der Waals surface area contributed by atoms with Crippen LogP contribution in [-0.4, -0.2) is 30.9 Å². The maximum Gasteiger partial charge on any atom is 0.338 e. The van der Waals surface area contributed by atoms with Crippen LogP contribution in [0, 0.1) is 7.14 Å². The quantitative estimate of drug-likeness (QED) is 0.181. The molecule has 0 bridgehead atoms. The highest BCUT2D eigenvalue weighted by molar-refractivity contribution is 14.1. The summed E-state index contributed by atoms with van der Waals surface area (Å²) in [5.74, 6) is 0.902. The second kappa shape index (κ2) is 12.0. The maximum atomic E-state index is 14.1. The normalized spacial score (nSPS) is 15.2. The van der Waals surface area contributed by atoms with Gasteiger partial charge in [-0.3, -0.25) is 9.36 Å². The van der Waals surface area contributed by atoms with Gasteiger partial charge in [-0.25, -0.2) is 9.79 Å². The van der Waals surface area contributed by atoms with Gasteiger partial charge in [0.1, 0.15) is 17.5 Å². The van der Waals surface area contributed by atoms with Crippen LogP contribution in [0.3, 0.4) is 0 Å². The number of carbonyl (C=O) groups excluding carboxylic acids is 1. The number of allylic oxidation sites excluding steroid dienone is 1. The molecule has 5 rings (SSSR count). The molecule has 0 saturated carbocycles. The standard InChI is InChI=1S/C30H26I2N2O5S/c1-5-38-27-20(31)13-17(14-21(27)32)15-23-28(35)34-26(24(29(36)39-6-2)16(3)33-30(34)40-23)25-19-10-8-7-9-18(19)11-12-22(25)37-4/h7-15,26H,5-6H2,1-4H3/b23-15-/t26-/m1/s1. The second-order valence-electron chi connectivity index (χ2n) is 8.95. The molecule has 1 aliphatic rings. The van der Waals surface area contributed by atoms with Crippen LogP contribution in [0.1, 0.15) is 37.9 Å². The fourth-order valence-corrected chi connectivity index (χ4v) is 8.07. The highest BCUT2D eigenvalue weighted by Gasteiger charge is 2.36. The topological polar surface area (TPSA) is 79.1 Å². The number of fused-ring (bicyclic) bond motifs is 2. The van der Waals surface area contributed by atoms with Gasteiger partial charge in [0, 0.05) is 5.56 Å². The van der Waals surface area contributed by atoms with Gasteiger partial charge in [0.2, 0.25) is 0 Å². The Morgan fingerprint density at radius 1 is 1.10 bits per heavy atom. The van der Waals surface area contributed by atoms with Crippen LogP contribution in [0.15, 0.2) is 69.6 Å². The molecule has 0 fully saturated rings. The van der Waals surface area contributed by atoms with Gasteiger partial charge in [-0.05, 0) is 107 Å². The summed E-state index contributed by atoms with van der Waals surface area (Å²) in [5, 5.41) is 1.85. The van der Waals surface area contributed by atoms with Crippen LogP contribution in [0.5, 0.6) is 11.5 Å². The number of esters is 1. The number of halogens is 2. The average Bonchev–Trinajstić information content (AvgIpc) is 3.23. The molecular formula is C30H26I2N2O5S. The summed E-state index contributed by atoms with van der Waals surface area (Å²) in [6.45, 7) is 6.27. The molecule has 0 amide bonds. The van der Waals surface area contributed by atoms with Crippen LogP contribution in [-0.2, 0) is 9.53 Å². The zero-order valence-electron chi connectivity index (χ0n) is 22.3.